The Morgan fingerprint density at radius 2 is 2.14 bits per heavy atom. The zero-order valence-electron chi connectivity index (χ0n) is 9.14. The van der Waals surface area contributed by atoms with Gasteiger partial charge in [-0.15, -0.1) is 0 Å². The van der Waals surface area contributed by atoms with Gasteiger partial charge in [-0.2, -0.15) is 0 Å². The van der Waals surface area contributed by atoms with E-state index in [4.69, 9.17) is 0 Å². The number of allylic oxidation sites excluding steroid dienone is 2. The van der Waals surface area contributed by atoms with Crippen molar-refractivity contribution in [3.8, 4) is 0 Å². The summed E-state index contributed by atoms with van der Waals surface area (Å²) in [5, 5.41) is 0. The Morgan fingerprint density at radius 3 is 2.93 bits per heavy atom. The summed E-state index contributed by atoms with van der Waals surface area (Å²) in [5.41, 5.74) is 1.39. The summed E-state index contributed by atoms with van der Waals surface area (Å²) in [5.74, 6) is 0.382. The van der Waals surface area contributed by atoms with Gasteiger partial charge in [-0.1, -0.05) is 37.6 Å². The van der Waals surface area contributed by atoms with Gasteiger partial charge >= 0.3 is 0 Å². The maximum Gasteiger partial charge on any atom is 0.110 e. The van der Waals surface area contributed by atoms with Crippen molar-refractivity contribution < 1.29 is 0 Å². The molecule has 0 aromatic carbocycles. The predicted molar refractivity (Wildman–Crippen MR) is 63.1 cm³/mol. The number of rotatable bonds is 0. The summed E-state index contributed by atoms with van der Waals surface area (Å²) in [6, 6.07) is 0.293. The Hall–Kier alpha value is -1.18. The average molecular weight is 190 g/mol. The van der Waals surface area contributed by atoms with Crippen molar-refractivity contribution in [2.24, 2.45) is 15.9 Å². The van der Waals surface area contributed by atoms with Crippen LogP contribution in [0.15, 0.2) is 33.8 Å². The maximum atomic E-state index is 4.31. The zero-order chi connectivity index (χ0) is 10.4. The summed E-state index contributed by atoms with van der Waals surface area (Å²) in [4.78, 5) is 8.34. The molecule has 14 heavy (non-hydrogen) atoms. The smallest absolute Gasteiger partial charge is 0.110 e. The molecule has 0 aromatic heterocycles. The summed E-state index contributed by atoms with van der Waals surface area (Å²) in [6.45, 7) is 6.15. The van der Waals surface area contributed by atoms with Crippen LogP contribution < -0.4 is 0 Å². The minimum absolute atomic E-state index is 0.293. The topological polar surface area (TPSA) is 24.7 Å². The molecule has 0 N–H and O–H groups in total. The highest BCUT2D eigenvalue weighted by molar-refractivity contribution is 5.79. The fourth-order valence-corrected chi connectivity index (χ4v) is 1.53. The van der Waals surface area contributed by atoms with Crippen LogP contribution in [0.1, 0.15) is 27.2 Å². The molecule has 0 spiro atoms. The second-order valence-corrected chi connectivity index (χ2v) is 3.28. The Morgan fingerprint density at radius 1 is 1.36 bits per heavy atom. The lowest BCUT2D eigenvalue weighted by Gasteiger charge is -2.14. The number of hydrogen-bond donors (Lipinski definition) is 0. The van der Waals surface area contributed by atoms with Crippen LogP contribution in [0.3, 0.4) is 0 Å². The minimum Gasteiger partial charge on any atom is -0.265 e. The zero-order valence-corrected chi connectivity index (χ0v) is 9.14. The summed E-state index contributed by atoms with van der Waals surface area (Å²) in [7, 11) is 0. The van der Waals surface area contributed by atoms with Gasteiger partial charge in [0.05, 0.1) is 6.04 Å². The third-order valence-corrected chi connectivity index (χ3v) is 2.21. The quantitative estimate of drug-likeness (QED) is 0.525. The molecular formula is C12H18N2. The van der Waals surface area contributed by atoms with Crippen molar-refractivity contribution in [2.45, 2.75) is 33.2 Å². The minimum atomic E-state index is 0.293. The molecule has 0 amide bonds. The van der Waals surface area contributed by atoms with E-state index in [0.717, 1.165) is 6.42 Å². The number of nitrogens with zero attached hydrogens (tertiary/aromatic N) is 2. The fourth-order valence-electron chi connectivity index (χ4n) is 1.53. The molecule has 1 aliphatic carbocycles. The van der Waals surface area contributed by atoms with Crippen LogP contribution in [0.2, 0.25) is 0 Å². The summed E-state index contributed by atoms with van der Waals surface area (Å²) >= 11 is 0. The van der Waals surface area contributed by atoms with Crippen molar-refractivity contribution in [2.75, 3.05) is 0 Å². The highest BCUT2D eigenvalue weighted by Crippen LogP contribution is 2.19. The van der Waals surface area contributed by atoms with E-state index in [1.165, 1.54) is 5.57 Å². The van der Waals surface area contributed by atoms with E-state index < -0.39 is 0 Å². The maximum absolute atomic E-state index is 4.31. The molecular weight excluding hydrogens is 172 g/mol. The van der Waals surface area contributed by atoms with Gasteiger partial charge in [-0.05, 0) is 13.3 Å². The first-order valence-corrected chi connectivity index (χ1v) is 5.25. The number of fused-ring (bicyclic) bond motifs is 1. The molecule has 2 nitrogen and oxygen atoms in total. The SMILES string of the molecule is CC.CC1=CC2N=CN=CC2C=CC1. The first kappa shape index (κ1) is 10.9. The molecule has 76 valence electrons. The Kier molecular flexibility index (Phi) is 4.30. The Labute approximate surface area is 86.2 Å². The van der Waals surface area contributed by atoms with E-state index in [2.05, 4.69) is 35.1 Å². The van der Waals surface area contributed by atoms with Crippen LogP contribution in [0.5, 0.6) is 0 Å². The van der Waals surface area contributed by atoms with E-state index in [0.29, 0.717) is 12.0 Å². The molecule has 2 unspecified atom stereocenters. The van der Waals surface area contributed by atoms with Gasteiger partial charge in [0.1, 0.15) is 6.34 Å². The fraction of sp³-hybridized carbons (Fsp3) is 0.500. The average Bonchev–Trinajstić information content (AvgIpc) is 2.41. The lowest BCUT2D eigenvalue weighted by Crippen LogP contribution is -2.18. The molecule has 1 heterocycles. The lowest BCUT2D eigenvalue weighted by atomic mass is 10.0. The van der Waals surface area contributed by atoms with Crippen molar-refractivity contribution in [3.63, 3.8) is 0 Å². The second kappa shape index (κ2) is 5.53. The van der Waals surface area contributed by atoms with Crippen LogP contribution >= 0.6 is 0 Å². The van der Waals surface area contributed by atoms with Gasteiger partial charge in [0, 0.05) is 12.1 Å². The van der Waals surface area contributed by atoms with Gasteiger partial charge in [0.25, 0.3) is 0 Å². The molecule has 0 fully saturated rings. The molecule has 2 heteroatoms. The van der Waals surface area contributed by atoms with Gasteiger partial charge in [0.2, 0.25) is 0 Å². The third kappa shape index (κ3) is 2.66. The molecule has 0 saturated carbocycles. The highest BCUT2D eigenvalue weighted by Gasteiger charge is 2.17. The summed E-state index contributed by atoms with van der Waals surface area (Å²) in [6.07, 6.45) is 11.3. The standard InChI is InChI=1S/C10H12N2.C2H6/c1-8-3-2-4-9-6-11-7-12-10(9)5-8;1-2/h2,4-7,9-10H,3H2,1H3;1-2H3. The van der Waals surface area contributed by atoms with Crippen molar-refractivity contribution >= 4 is 12.6 Å². The van der Waals surface area contributed by atoms with Crippen molar-refractivity contribution in [3.05, 3.63) is 23.8 Å². The second-order valence-electron chi connectivity index (χ2n) is 3.28. The largest absolute Gasteiger partial charge is 0.265 e. The molecule has 0 bridgehead atoms. The van der Waals surface area contributed by atoms with Crippen LogP contribution in [0.4, 0.5) is 0 Å². The first-order valence-electron chi connectivity index (χ1n) is 5.25. The van der Waals surface area contributed by atoms with Crippen LogP contribution in [-0.2, 0) is 0 Å². The van der Waals surface area contributed by atoms with E-state index in [1.54, 1.807) is 6.34 Å². The normalized spacial score (nSPS) is 28.4. The molecule has 0 aromatic rings. The van der Waals surface area contributed by atoms with Gasteiger partial charge in [-0.25, -0.2) is 4.99 Å². The first-order chi connectivity index (χ1) is 6.86. The van der Waals surface area contributed by atoms with Crippen molar-refractivity contribution in [1.29, 1.82) is 0 Å². The van der Waals surface area contributed by atoms with Crippen LogP contribution in [0, 0.1) is 5.92 Å². The van der Waals surface area contributed by atoms with E-state index in [1.807, 2.05) is 20.1 Å². The van der Waals surface area contributed by atoms with E-state index >= 15 is 0 Å². The van der Waals surface area contributed by atoms with Crippen LogP contribution in [-0.4, -0.2) is 18.6 Å². The third-order valence-electron chi connectivity index (χ3n) is 2.21. The van der Waals surface area contributed by atoms with Gasteiger partial charge in [0.15, 0.2) is 0 Å². The molecule has 1 aliphatic heterocycles. The molecule has 0 saturated heterocycles. The van der Waals surface area contributed by atoms with Gasteiger partial charge < -0.3 is 0 Å². The monoisotopic (exact) mass is 190 g/mol. The van der Waals surface area contributed by atoms with Crippen LogP contribution in [0.25, 0.3) is 0 Å². The molecule has 2 rings (SSSR count). The van der Waals surface area contributed by atoms with Gasteiger partial charge in [-0.3, -0.25) is 4.99 Å². The lowest BCUT2D eigenvalue weighted by molar-refractivity contribution is 0.733. The van der Waals surface area contributed by atoms with Crippen molar-refractivity contribution in [1.82, 2.24) is 0 Å². The Bertz CT molecular complexity index is 285. The number of aliphatic imine (C=N–C) groups is 2. The van der Waals surface area contributed by atoms with E-state index in [-0.39, 0.29) is 0 Å². The number of hydrogen-bond acceptors (Lipinski definition) is 2. The molecule has 2 atom stereocenters. The van der Waals surface area contributed by atoms with E-state index in [9.17, 15) is 0 Å². The summed E-state index contributed by atoms with van der Waals surface area (Å²) < 4.78 is 0. The molecule has 2 aliphatic rings. The molecule has 0 radical (unpaired) electrons. The predicted octanol–water partition coefficient (Wildman–Crippen LogP) is 3.02. The highest BCUT2D eigenvalue weighted by atomic mass is 14.9. The Balaban J connectivity index is 0.000000461.